The molecule has 8 heteroatoms. The van der Waals surface area contributed by atoms with Crippen molar-refractivity contribution in [2.45, 2.75) is 43.0 Å². The lowest BCUT2D eigenvalue weighted by Gasteiger charge is -2.34. The second-order valence-electron chi connectivity index (χ2n) is 6.23. The van der Waals surface area contributed by atoms with Crippen LogP contribution < -0.4 is 11.2 Å². The van der Waals surface area contributed by atoms with Crippen molar-refractivity contribution in [2.75, 3.05) is 6.54 Å². The summed E-state index contributed by atoms with van der Waals surface area (Å²) in [6.07, 6.45) is 4.96. The summed E-state index contributed by atoms with van der Waals surface area (Å²) in [6, 6.07) is 9.77. The van der Waals surface area contributed by atoms with Crippen LogP contribution >= 0.6 is 0 Å². The van der Waals surface area contributed by atoms with E-state index in [1.165, 1.54) is 4.31 Å². The molecule has 0 unspecified atom stereocenters. The Kier molecular flexibility index (Phi) is 5.19. The third-order valence-corrected chi connectivity index (χ3v) is 6.51. The fourth-order valence-corrected chi connectivity index (χ4v) is 4.99. The second-order valence-corrected chi connectivity index (χ2v) is 8.08. The lowest BCUT2D eigenvalue weighted by atomic mass is 9.98. The van der Waals surface area contributed by atoms with Gasteiger partial charge in [-0.05, 0) is 31.2 Å². The van der Waals surface area contributed by atoms with E-state index in [0.717, 1.165) is 37.4 Å². The summed E-state index contributed by atoms with van der Waals surface area (Å²) in [7, 11) is -3.94. The molecule has 0 spiro atoms. The van der Waals surface area contributed by atoms with Gasteiger partial charge in [0.2, 0.25) is 10.0 Å². The summed E-state index contributed by atoms with van der Waals surface area (Å²) < 4.78 is 27.3. The molecule has 0 saturated carbocycles. The van der Waals surface area contributed by atoms with Gasteiger partial charge < -0.3 is 4.98 Å². The summed E-state index contributed by atoms with van der Waals surface area (Å²) in [5.74, 6) is 0. The minimum Gasteiger partial charge on any atom is -0.313 e. The molecule has 1 atom stereocenters. The van der Waals surface area contributed by atoms with Crippen molar-refractivity contribution in [1.82, 2.24) is 14.3 Å². The normalized spacial score (nSPS) is 19.0. The number of aryl methyl sites for hydroxylation is 1. The molecular formula is C17H21N3O4S. The van der Waals surface area contributed by atoms with Gasteiger partial charge >= 0.3 is 5.69 Å². The quantitative estimate of drug-likeness (QED) is 0.834. The summed E-state index contributed by atoms with van der Waals surface area (Å²) in [5.41, 5.74) is -0.438. The molecule has 0 amide bonds. The van der Waals surface area contributed by atoms with Gasteiger partial charge in [-0.2, -0.15) is 4.31 Å². The third kappa shape index (κ3) is 3.91. The number of hydrogen-bond donors (Lipinski definition) is 2. The topological polar surface area (TPSA) is 103 Å². The Bertz CT molecular complexity index is 934. The maximum absolute atomic E-state index is 12.9. The van der Waals surface area contributed by atoms with E-state index >= 15 is 0 Å². The van der Waals surface area contributed by atoms with Crippen LogP contribution in [-0.4, -0.2) is 35.3 Å². The number of hydrogen-bond acceptors (Lipinski definition) is 4. The zero-order chi connectivity index (χ0) is 17.9. The number of rotatable bonds is 5. The van der Waals surface area contributed by atoms with Crippen molar-refractivity contribution >= 4 is 10.0 Å². The van der Waals surface area contributed by atoms with Crippen molar-refractivity contribution < 1.29 is 8.42 Å². The molecule has 2 aromatic rings. The van der Waals surface area contributed by atoms with Crippen LogP contribution in [-0.2, 0) is 16.4 Å². The highest BCUT2D eigenvalue weighted by atomic mass is 32.2. The summed E-state index contributed by atoms with van der Waals surface area (Å²) >= 11 is 0. The van der Waals surface area contributed by atoms with Gasteiger partial charge in [0.05, 0.1) is 0 Å². The van der Waals surface area contributed by atoms with Gasteiger partial charge in [-0.15, -0.1) is 0 Å². The van der Waals surface area contributed by atoms with Crippen molar-refractivity contribution in [3.8, 4) is 0 Å². The van der Waals surface area contributed by atoms with E-state index in [-0.39, 0.29) is 6.04 Å². The molecule has 1 aromatic heterocycles. The first-order valence-corrected chi connectivity index (χ1v) is 9.80. The molecule has 1 aromatic carbocycles. The fourth-order valence-electron chi connectivity index (χ4n) is 3.27. The van der Waals surface area contributed by atoms with E-state index in [0.29, 0.717) is 13.0 Å². The van der Waals surface area contributed by atoms with Gasteiger partial charge in [-0.25, -0.2) is 13.2 Å². The average Bonchev–Trinajstić information content (AvgIpc) is 2.61. The van der Waals surface area contributed by atoms with Crippen LogP contribution in [0.4, 0.5) is 0 Å². The molecular weight excluding hydrogens is 342 g/mol. The molecule has 25 heavy (non-hydrogen) atoms. The lowest BCUT2D eigenvalue weighted by molar-refractivity contribution is 0.240. The van der Waals surface area contributed by atoms with E-state index < -0.39 is 26.2 Å². The maximum Gasteiger partial charge on any atom is 0.325 e. The Morgan fingerprint density at radius 1 is 1.12 bits per heavy atom. The molecule has 2 heterocycles. The molecule has 1 saturated heterocycles. The van der Waals surface area contributed by atoms with E-state index in [1.54, 1.807) is 0 Å². The molecule has 3 rings (SSSR count). The van der Waals surface area contributed by atoms with Crippen molar-refractivity contribution in [3.63, 3.8) is 0 Å². The summed E-state index contributed by atoms with van der Waals surface area (Å²) in [5, 5.41) is 0. The van der Waals surface area contributed by atoms with Crippen LogP contribution in [0.5, 0.6) is 0 Å². The molecule has 1 fully saturated rings. The maximum atomic E-state index is 12.9. The van der Waals surface area contributed by atoms with E-state index in [2.05, 4.69) is 4.98 Å². The first-order valence-electron chi connectivity index (χ1n) is 8.36. The highest BCUT2D eigenvalue weighted by molar-refractivity contribution is 7.89. The van der Waals surface area contributed by atoms with Crippen LogP contribution in [0.15, 0.2) is 51.0 Å². The third-order valence-electron chi connectivity index (χ3n) is 4.55. The van der Waals surface area contributed by atoms with E-state index in [9.17, 15) is 18.0 Å². The molecule has 1 aliphatic rings. The smallest absolute Gasteiger partial charge is 0.313 e. The van der Waals surface area contributed by atoms with Crippen LogP contribution in [0.3, 0.4) is 0 Å². The number of sulfonamides is 1. The zero-order valence-electron chi connectivity index (χ0n) is 13.8. The predicted molar refractivity (Wildman–Crippen MR) is 94.0 cm³/mol. The van der Waals surface area contributed by atoms with Crippen molar-refractivity contribution in [2.24, 2.45) is 0 Å². The fraction of sp³-hybridized carbons (Fsp3) is 0.412. The Morgan fingerprint density at radius 3 is 2.60 bits per heavy atom. The molecule has 134 valence electrons. The van der Waals surface area contributed by atoms with Gasteiger partial charge in [0, 0.05) is 18.8 Å². The Balaban J connectivity index is 1.84. The largest absolute Gasteiger partial charge is 0.325 e. The zero-order valence-corrected chi connectivity index (χ0v) is 14.6. The van der Waals surface area contributed by atoms with Crippen LogP contribution in [0, 0.1) is 0 Å². The highest BCUT2D eigenvalue weighted by Crippen LogP contribution is 2.26. The SMILES string of the molecule is O=c1[nH]cc(S(=O)(=O)N2CCCC[C@H]2CCc2ccccc2)c(=O)[nH]1. The monoisotopic (exact) mass is 363 g/mol. The number of aromatic nitrogens is 2. The molecule has 0 radical (unpaired) electrons. The van der Waals surface area contributed by atoms with Gasteiger partial charge in [0.15, 0.2) is 4.90 Å². The number of piperidine rings is 1. The van der Waals surface area contributed by atoms with E-state index in [1.807, 2.05) is 35.3 Å². The first-order chi connectivity index (χ1) is 12.0. The summed E-state index contributed by atoms with van der Waals surface area (Å²) in [4.78, 5) is 26.9. The van der Waals surface area contributed by atoms with Crippen molar-refractivity contribution in [1.29, 1.82) is 0 Å². The molecule has 7 nitrogen and oxygen atoms in total. The van der Waals surface area contributed by atoms with E-state index in [4.69, 9.17) is 0 Å². The number of benzene rings is 1. The number of aromatic amines is 2. The van der Waals surface area contributed by atoms with Gasteiger partial charge in [0.25, 0.3) is 5.56 Å². The number of nitrogens with zero attached hydrogens (tertiary/aromatic N) is 1. The number of nitrogens with one attached hydrogen (secondary N) is 2. The average molecular weight is 363 g/mol. The van der Waals surface area contributed by atoms with Crippen LogP contribution in [0.25, 0.3) is 0 Å². The Labute approximate surface area is 145 Å². The molecule has 1 aliphatic heterocycles. The predicted octanol–water partition coefficient (Wildman–Crippen LogP) is 1.24. The molecule has 2 N–H and O–H groups in total. The van der Waals surface area contributed by atoms with Gasteiger partial charge in [-0.1, -0.05) is 36.8 Å². The molecule has 0 bridgehead atoms. The van der Waals surface area contributed by atoms with Gasteiger partial charge in [0.1, 0.15) is 0 Å². The van der Waals surface area contributed by atoms with Crippen LogP contribution in [0.1, 0.15) is 31.2 Å². The summed E-state index contributed by atoms with van der Waals surface area (Å²) in [6.45, 7) is 0.389. The van der Waals surface area contributed by atoms with Crippen LogP contribution in [0.2, 0.25) is 0 Å². The number of H-pyrrole nitrogens is 2. The second kappa shape index (κ2) is 7.37. The molecule has 0 aliphatic carbocycles. The highest BCUT2D eigenvalue weighted by Gasteiger charge is 2.34. The minimum atomic E-state index is -3.94. The Hall–Kier alpha value is -2.19. The van der Waals surface area contributed by atoms with Crippen molar-refractivity contribution in [3.05, 3.63) is 62.9 Å². The minimum absolute atomic E-state index is 0.148. The Morgan fingerprint density at radius 2 is 1.88 bits per heavy atom. The lowest BCUT2D eigenvalue weighted by Crippen LogP contribution is -2.45. The van der Waals surface area contributed by atoms with Gasteiger partial charge in [-0.3, -0.25) is 9.78 Å². The standard InChI is InChI=1S/C17H21N3O4S/c21-16-15(12-18-17(22)19-16)25(23,24)20-11-5-4-8-14(20)10-9-13-6-2-1-3-7-13/h1-3,6-7,12,14H,4-5,8-11H2,(H2,18,19,21,22)/t14-/m0/s1. The first kappa shape index (κ1) is 17.6.